The molecular formula is C20H21BrClN3O4S2. The second kappa shape index (κ2) is 9.33. The SMILES string of the molecule is Br.CN(C)S(=O)(=O)c1cc(-c2cs/c(=N/c3ccc4c(c3)OCCO4)n2C)ccc1Cl. The molecule has 3 aromatic rings. The quantitative estimate of drug-likeness (QED) is 0.491. The Kier molecular flexibility index (Phi) is 7.17. The molecule has 2 aromatic carbocycles. The highest BCUT2D eigenvalue weighted by atomic mass is 79.9. The minimum Gasteiger partial charge on any atom is -0.486 e. The molecule has 0 N–H and O–H groups in total. The zero-order chi connectivity index (χ0) is 21.5. The summed E-state index contributed by atoms with van der Waals surface area (Å²) in [5.74, 6) is 1.39. The summed E-state index contributed by atoms with van der Waals surface area (Å²) in [6.45, 7) is 1.06. The first-order valence-corrected chi connectivity index (χ1v) is 11.8. The molecule has 0 aliphatic carbocycles. The molecule has 0 atom stereocenters. The van der Waals surface area contributed by atoms with Crippen LogP contribution in [0.25, 0.3) is 11.3 Å². The normalized spacial score (nSPS) is 13.9. The van der Waals surface area contributed by atoms with Gasteiger partial charge in [0.1, 0.15) is 18.1 Å². The molecule has 0 radical (unpaired) electrons. The number of nitrogens with zero attached hydrogens (tertiary/aromatic N) is 3. The van der Waals surface area contributed by atoms with Crippen LogP contribution in [0.4, 0.5) is 5.69 Å². The molecule has 0 fully saturated rings. The van der Waals surface area contributed by atoms with Crippen LogP contribution in [0.2, 0.25) is 5.02 Å². The monoisotopic (exact) mass is 545 g/mol. The predicted molar refractivity (Wildman–Crippen MR) is 128 cm³/mol. The molecule has 2 heterocycles. The highest BCUT2D eigenvalue weighted by Gasteiger charge is 2.22. The molecule has 0 saturated carbocycles. The first kappa shape index (κ1) is 23.8. The van der Waals surface area contributed by atoms with E-state index in [1.807, 2.05) is 35.2 Å². The Bertz CT molecular complexity index is 1290. The smallest absolute Gasteiger partial charge is 0.244 e. The lowest BCUT2D eigenvalue weighted by Crippen LogP contribution is -2.22. The van der Waals surface area contributed by atoms with Crippen molar-refractivity contribution in [2.24, 2.45) is 12.0 Å². The van der Waals surface area contributed by atoms with Crippen molar-refractivity contribution >= 4 is 55.6 Å². The minimum atomic E-state index is -3.66. The Hall–Kier alpha value is -1.85. The summed E-state index contributed by atoms with van der Waals surface area (Å²) in [5.41, 5.74) is 2.32. The van der Waals surface area contributed by atoms with E-state index in [1.54, 1.807) is 18.2 Å². The van der Waals surface area contributed by atoms with Crippen LogP contribution in [-0.2, 0) is 17.1 Å². The molecule has 0 saturated heterocycles. The van der Waals surface area contributed by atoms with E-state index in [9.17, 15) is 8.42 Å². The molecule has 1 aromatic heterocycles. The number of rotatable bonds is 4. The van der Waals surface area contributed by atoms with E-state index in [0.717, 1.165) is 26.1 Å². The van der Waals surface area contributed by atoms with Crippen LogP contribution >= 0.6 is 39.9 Å². The van der Waals surface area contributed by atoms with Crippen molar-refractivity contribution in [1.29, 1.82) is 0 Å². The minimum absolute atomic E-state index is 0. The van der Waals surface area contributed by atoms with Gasteiger partial charge in [-0.2, -0.15) is 0 Å². The van der Waals surface area contributed by atoms with Crippen molar-refractivity contribution < 1.29 is 17.9 Å². The number of fused-ring (bicyclic) bond motifs is 1. The summed E-state index contributed by atoms with van der Waals surface area (Å²) < 4.78 is 39.4. The summed E-state index contributed by atoms with van der Waals surface area (Å²) in [5, 5.41) is 2.12. The number of aromatic nitrogens is 1. The molecular weight excluding hydrogens is 526 g/mol. The first-order chi connectivity index (χ1) is 14.3. The number of sulfonamides is 1. The molecule has 31 heavy (non-hydrogen) atoms. The molecule has 0 spiro atoms. The fourth-order valence-electron chi connectivity index (χ4n) is 3.00. The van der Waals surface area contributed by atoms with Crippen LogP contribution in [0.5, 0.6) is 11.5 Å². The average molecular weight is 547 g/mol. The Labute approximate surface area is 200 Å². The van der Waals surface area contributed by atoms with E-state index >= 15 is 0 Å². The fraction of sp³-hybridized carbons (Fsp3) is 0.250. The summed E-state index contributed by atoms with van der Waals surface area (Å²) >= 11 is 7.63. The van der Waals surface area contributed by atoms with Crippen LogP contribution < -0.4 is 14.3 Å². The maximum absolute atomic E-state index is 12.6. The Morgan fingerprint density at radius 3 is 2.52 bits per heavy atom. The number of hydrogen-bond acceptors (Lipinski definition) is 6. The Morgan fingerprint density at radius 2 is 1.81 bits per heavy atom. The molecule has 166 valence electrons. The predicted octanol–water partition coefficient (Wildman–Crippen LogP) is 4.24. The lowest BCUT2D eigenvalue weighted by molar-refractivity contribution is 0.171. The zero-order valence-corrected chi connectivity index (χ0v) is 21.1. The van der Waals surface area contributed by atoms with Gasteiger partial charge in [-0.1, -0.05) is 17.7 Å². The summed E-state index contributed by atoms with van der Waals surface area (Å²) in [6.07, 6.45) is 0. The number of thiazole rings is 1. The van der Waals surface area contributed by atoms with Crippen molar-refractivity contribution in [3.63, 3.8) is 0 Å². The summed E-state index contributed by atoms with van der Waals surface area (Å²) in [7, 11) is 1.19. The van der Waals surface area contributed by atoms with Gasteiger partial charge in [0.05, 0.1) is 16.4 Å². The highest BCUT2D eigenvalue weighted by molar-refractivity contribution is 8.93. The molecule has 1 aliphatic heterocycles. The highest BCUT2D eigenvalue weighted by Crippen LogP contribution is 2.34. The van der Waals surface area contributed by atoms with Crippen LogP contribution in [0.15, 0.2) is 51.7 Å². The molecule has 4 rings (SSSR count). The number of benzene rings is 2. The number of ether oxygens (including phenoxy) is 2. The van der Waals surface area contributed by atoms with Gasteiger partial charge in [-0.25, -0.2) is 17.7 Å². The van der Waals surface area contributed by atoms with Crippen LogP contribution in [0.3, 0.4) is 0 Å². The third-order valence-electron chi connectivity index (χ3n) is 4.66. The van der Waals surface area contributed by atoms with Crippen molar-refractivity contribution in [1.82, 2.24) is 8.87 Å². The third kappa shape index (κ3) is 4.68. The van der Waals surface area contributed by atoms with E-state index < -0.39 is 10.0 Å². The van der Waals surface area contributed by atoms with E-state index in [0.29, 0.717) is 24.7 Å². The second-order valence-electron chi connectivity index (χ2n) is 6.83. The second-order valence-corrected chi connectivity index (χ2v) is 10.2. The van der Waals surface area contributed by atoms with E-state index in [2.05, 4.69) is 0 Å². The van der Waals surface area contributed by atoms with Gasteiger partial charge < -0.3 is 14.0 Å². The molecule has 7 nitrogen and oxygen atoms in total. The van der Waals surface area contributed by atoms with Gasteiger partial charge in [0.2, 0.25) is 10.0 Å². The third-order valence-corrected chi connectivity index (χ3v) is 7.87. The Balaban J connectivity index is 0.00000272. The first-order valence-electron chi connectivity index (χ1n) is 9.09. The molecule has 1 aliphatic rings. The standard InChI is InChI=1S/C20H20ClN3O4S2.BrH/c1-23(2)30(25,26)19-10-13(4-6-15(19)21)16-12-29-20(24(16)3)22-14-5-7-17-18(11-14)28-9-8-27-17;/h4-7,10-12H,8-9H2,1-3H3;1H/b22-20+;. The van der Waals surface area contributed by atoms with Crippen molar-refractivity contribution in [3.05, 3.63) is 51.6 Å². The molecule has 0 unspecified atom stereocenters. The summed E-state index contributed by atoms with van der Waals surface area (Å²) in [6, 6.07) is 10.6. The van der Waals surface area contributed by atoms with Gasteiger partial charge in [-0.3, -0.25) is 0 Å². The van der Waals surface area contributed by atoms with Crippen molar-refractivity contribution in [2.45, 2.75) is 4.90 Å². The van der Waals surface area contributed by atoms with Gasteiger partial charge in [0, 0.05) is 38.2 Å². The van der Waals surface area contributed by atoms with Gasteiger partial charge >= 0.3 is 0 Å². The topological polar surface area (TPSA) is 73.1 Å². The van der Waals surface area contributed by atoms with E-state index in [1.165, 1.54) is 25.4 Å². The largest absolute Gasteiger partial charge is 0.486 e. The van der Waals surface area contributed by atoms with Crippen LogP contribution in [0.1, 0.15) is 0 Å². The van der Waals surface area contributed by atoms with Gasteiger partial charge in [-0.15, -0.1) is 28.3 Å². The fourth-order valence-corrected chi connectivity index (χ4v) is 5.32. The summed E-state index contributed by atoms with van der Waals surface area (Å²) in [4.78, 5) is 5.54. The van der Waals surface area contributed by atoms with Gasteiger partial charge in [0.15, 0.2) is 16.3 Å². The van der Waals surface area contributed by atoms with E-state index in [4.69, 9.17) is 26.1 Å². The van der Waals surface area contributed by atoms with Gasteiger partial charge in [-0.05, 0) is 24.3 Å². The molecule has 11 heteroatoms. The zero-order valence-electron chi connectivity index (χ0n) is 17.0. The van der Waals surface area contributed by atoms with Gasteiger partial charge in [0.25, 0.3) is 0 Å². The van der Waals surface area contributed by atoms with E-state index in [-0.39, 0.29) is 26.9 Å². The lowest BCUT2D eigenvalue weighted by Gasteiger charge is -2.18. The maximum Gasteiger partial charge on any atom is 0.244 e. The average Bonchev–Trinajstić information content (AvgIpc) is 3.08. The number of hydrogen-bond donors (Lipinski definition) is 0. The van der Waals surface area contributed by atoms with Crippen LogP contribution in [-0.4, -0.2) is 44.6 Å². The maximum atomic E-state index is 12.6. The lowest BCUT2D eigenvalue weighted by atomic mass is 10.2. The molecule has 0 bridgehead atoms. The van der Waals surface area contributed by atoms with Crippen LogP contribution in [0, 0.1) is 0 Å². The van der Waals surface area contributed by atoms with Crippen molar-refractivity contribution in [2.75, 3.05) is 27.3 Å². The number of halogens is 2. The molecule has 0 amide bonds. The Morgan fingerprint density at radius 1 is 1.10 bits per heavy atom. The van der Waals surface area contributed by atoms with Crippen molar-refractivity contribution in [3.8, 4) is 22.8 Å².